The van der Waals surface area contributed by atoms with E-state index in [1.54, 1.807) is 6.08 Å². The molecule has 0 saturated heterocycles. The van der Waals surface area contributed by atoms with E-state index in [9.17, 15) is 19.4 Å². The lowest BCUT2D eigenvalue weighted by Gasteiger charge is -2.23. The highest BCUT2D eigenvalue weighted by molar-refractivity contribution is 7.47. The molecule has 0 aliphatic heterocycles. The van der Waals surface area contributed by atoms with Gasteiger partial charge >= 0.3 is 7.82 Å². The predicted molar refractivity (Wildman–Crippen MR) is 253 cm³/mol. The molecule has 0 aromatic heterocycles. The van der Waals surface area contributed by atoms with Crippen molar-refractivity contribution in [3.05, 3.63) is 85.1 Å². The molecule has 3 atom stereocenters. The summed E-state index contributed by atoms with van der Waals surface area (Å²) >= 11 is 0. The highest BCUT2D eigenvalue weighted by Crippen LogP contribution is 2.43. The monoisotopic (exact) mass is 845 g/mol. The van der Waals surface area contributed by atoms with Crippen molar-refractivity contribution in [3.63, 3.8) is 0 Å². The van der Waals surface area contributed by atoms with Gasteiger partial charge in [-0.2, -0.15) is 0 Å². The first-order valence-corrected chi connectivity index (χ1v) is 25.2. The summed E-state index contributed by atoms with van der Waals surface area (Å²) in [5.74, 6) is -0.225. The number of aliphatic hydroxyl groups is 1. The first-order valence-electron chi connectivity index (χ1n) is 23.7. The average molecular weight is 845 g/mol. The van der Waals surface area contributed by atoms with Gasteiger partial charge in [0.1, 0.15) is 0 Å². The van der Waals surface area contributed by atoms with E-state index < -0.39 is 20.0 Å². The normalized spacial score (nSPS) is 14.7. The van der Waals surface area contributed by atoms with Crippen molar-refractivity contribution < 1.29 is 28.4 Å². The molecule has 0 bridgehead atoms. The Morgan fingerprint density at radius 1 is 0.576 bits per heavy atom. The number of unbranched alkanes of at least 4 members (excludes halogenated alkanes) is 19. The van der Waals surface area contributed by atoms with Crippen LogP contribution >= 0.6 is 7.82 Å². The topological polar surface area (TPSA) is 131 Å². The zero-order chi connectivity index (χ0) is 43.2. The van der Waals surface area contributed by atoms with Crippen LogP contribution in [0.5, 0.6) is 0 Å². The molecule has 0 aromatic rings. The van der Waals surface area contributed by atoms with Crippen molar-refractivity contribution in [2.24, 2.45) is 5.73 Å². The van der Waals surface area contributed by atoms with Crippen molar-refractivity contribution in [3.8, 4) is 0 Å². The molecule has 0 rings (SSSR count). The molecule has 0 aliphatic carbocycles. The Labute approximate surface area is 362 Å². The second-order valence-electron chi connectivity index (χ2n) is 15.6. The van der Waals surface area contributed by atoms with Crippen LogP contribution in [0.4, 0.5) is 0 Å². The number of rotatable bonds is 43. The number of phosphoric acid groups is 1. The Morgan fingerprint density at radius 3 is 1.51 bits per heavy atom. The standard InChI is InChI=1S/C50H89N2O6P/c1-3-5-7-9-11-13-15-17-19-21-23-24-26-28-30-32-34-36-38-40-42-44-50(54)52-48(47-58-59(55,56)57-46-45-51)49(53)43-41-39-37-35-33-31-29-27-25-22-20-18-16-14-12-10-8-6-4-2/h5,7,11,13,17,19,23-24,28,30,33,35,41,43,48-49,53H,3-4,6,8-10,12,14-16,18,20-22,25-27,29,31-32,34,36-40,42,44-47,51H2,1-2H3,(H,52,54)(H,55,56)/b7-5-,13-11-,19-17-,24-23-,30-28-,35-33+,43-41+. The predicted octanol–water partition coefficient (Wildman–Crippen LogP) is 13.8. The van der Waals surface area contributed by atoms with Gasteiger partial charge in [0.15, 0.2) is 0 Å². The first-order chi connectivity index (χ1) is 28.9. The van der Waals surface area contributed by atoms with Crippen molar-refractivity contribution in [1.29, 1.82) is 0 Å². The third-order valence-electron chi connectivity index (χ3n) is 9.95. The maximum Gasteiger partial charge on any atom is 0.472 e. The summed E-state index contributed by atoms with van der Waals surface area (Å²) in [5.41, 5.74) is 5.38. The number of hydrogen-bond acceptors (Lipinski definition) is 6. The van der Waals surface area contributed by atoms with Crippen molar-refractivity contribution in [2.75, 3.05) is 19.8 Å². The van der Waals surface area contributed by atoms with E-state index in [0.717, 1.165) is 89.9 Å². The number of allylic oxidation sites excluding steroid dienone is 13. The van der Waals surface area contributed by atoms with Gasteiger partial charge in [0.05, 0.1) is 25.4 Å². The fraction of sp³-hybridized carbons (Fsp3) is 0.700. The van der Waals surface area contributed by atoms with Crippen molar-refractivity contribution in [1.82, 2.24) is 5.32 Å². The molecule has 0 aromatic carbocycles. The third-order valence-corrected chi connectivity index (χ3v) is 10.9. The molecular weight excluding hydrogens is 756 g/mol. The molecule has 340 valence electrons. The fourth-order valence-electron chi connectivity index (χ4n) is 6.41. The van der Waals surface area contributed by atoms with Crippen LogP contribution in [-0.4, -0.2) is 47.8 Å². The fourth-order valence-corrected chi connectivity index (χ4v) is 7.17. The molecule has 0 heterocycles. The average Bonchev–Trinajstić information content (AvgIpc) is 3.22. The number of amides is 1. The molecule has 3 unspecified atom stereocenters. The van der Waals surface area contributed by atoms with Crippen molar-refractivity contribution in [2.45, 2.75) is 206 Å². The van der Waals surface area contributed by atoms with Gasteiger partial charge in [0, 0.05) is 13.0 Å². The SMILES string of the molecule is CC/C=C\C/C=C\C/C=C\C/C=C\C/C=C\CCCCCCCC(=O)NC(COP(=O)(O)OCCN)C(O)/C=C/CC/C=C/CCCCCCCCCCCCCCC. The number of phosphoric ester groups is 1. The number of hydrogen-bond donors (Lipinski definition) is 4. The van der Waals surface area contributed by atoms with Crippen LogP contribution < -0.4 is 11.1 Å². The molecule has 5 N–H and O–H groups in total. The minimum atomic E-state index is -4.36. The second-order valence-corrected chi connectivity index (χ2v) is 17.0. The minimum absolute atomic E-state index is 0.0661. The molecule has 0 saturated carbocycles. The van der Waals surface area contributed by atoms with Gasteiger partial charge in [0.2, 0.25) is 5.91 Å². The van der Waals surface area contributed by atoms with Gasteiger partial charge in [-0.15, -0.1) is 0 Å². The number of aliphatic hydroxyl groups excluding tert-OH is 1. The van der Waals surface area contributed by atoms with Crippen LogP contribution in [0.1, 0.15) is 194 Å². The summed E-state index contributed by atoms with van der Waals surface area (Å²) in [7, 11) is -4.36. The molecular formula is C50H89N2O6P. The van der Waals surface area contributed by atoms with E-state index in [1.807, 2.05) is 6.08 Å². The van der Waals surface area contributed by atoms with Crippen LogP contribution in [0.2, 0.25) is 0 Å². The van der Waals surface area contributed by atoms with Crippen LogP contribution in [0.25, 0.3) is 0 Å². The van der Waals surface area contributed by atoms with Gasteiger partial charge in [-0.25, -0.2) is 4.57 Å². The molecule has 9 heteroatoms. The first kappa shape index (κ1) is 56.7. The van der Waals surface area contributed by atoms with Crippen LogP contribution in [0, 0.1) is 0 Å². The van der Waals surface area contributed by atoms with Gasteiger partial charge in [0.25, 0.3) is 0 Å². The summed E-state index contributed by atoms with van der Waals surface area (Å²) < 4.78 is 22.2. The maximum atomic E-state index is 12.8. The summed E-state index contributed by atoms with van der Waals surface area (Å²) in [6.45, 7) is 3.98. The van der Waals surface area contributed by atoms with E-state index in [4.69, 9.17) is 14.8 Å². The van der Waals surface area contributed by atoms with Gasteiger partial charge in [-0.05, 0) is 77.0 Å². The van der Waals surface area contributed by atoms with Gasteiger partial charge < -0.3 is 21.1 Å². The van der Waals surface area contributed by atoms with Gasteiger partial charge in [-0.1, -0.05) is 195 Å². The van der Waals surface area contributed by atoms with Crippen LogP contribution in [0.3, 0.4) is 0 Å². The summed E-state index contributed by atoms with van der Waals surface area (Å²) in [5, 5.41) is 13.7. The Hall–Kier alpha value is -2.32. The van der Waals surface area contributed by atoms with E-state index >= 15 is 0 Å². The Kier molecular flexibility index (Phi) is 43.4. The highest BCUT2D eigenvalue weighted by atomic mass is 31.2. The molecule has 59 heavy (non-hydrogen) atoms. The molecule has 1 amide bonds. The second kappa shape index (κ2) is 45.2. The molecule has 8 nitrogen and oxygen atoms in total. The van der Waals surface area contributed by atoms with Crippen LogP contribution in [0.15, 0.2) is 85.1 Å². The number of carbonyl (C=O) groups is 1. The Bertz CT molecular complexity index is 1190. The largest absolute Gasteiger partial charge is 0.472 e. The van der Waals surface area contributed by atoms with Gasteiger partial charge in [-0.3, -0.25) is 13.8 Å². The summed E-state index contributed by atoms with van der Waals surface area (Å²) in [4.78, 5) is 22.8. The Morgan fingerprint density at radius 2 is 1.00 bits per heavy atom. The lowest BCUT2D eigenvalue weighted by atomic mass is 10.0. The molecule has 0 radical (unpaired) electrons. The smallest absolute Gasteiger partial charge is 0.387 e. The van der Waals surface area contributed by atoms with E-state index in [1.165, 1.54) is 83.5 Å². The number of nitrogens with one attached hydrogen (secondary N) is 1. The van der Waals surface area contributed by atoms with Crippen LogP contribution in [-0.2, 0) is 18.4 Å². The molecule has 0 fully saturated rings. The molecule has 0 spiro atoms. The van der Waals surface area contributed by atoms with E-state index in [0.29, 0.717) is 6.42 Å². The number of nitrogens with two attached hydrogens (primary N) is 1. The minimum Gasteiger partial charge on any atom is -0.387 e. The van der Waals surface area contributed by atoms with E-state index in [2.05, 4.69) is 92.1 Å². The quantitative estimate of drug-likeness (QED) is 0.0273. The summed E-state index contributed by atoms with van der Waals surface area (Å²) in [6, 6.07) is -0.893. The van der Waals surface area contributed by atoms with Crippen molar-refractivity contribution >= 4 is 13.7 Å². The summed E-state index contributed by atoms with van der Waals surface area (Å²) in [6.07, 6.45) is 60.7. The zero-order valence-electron chi connectivity index (χ0n) is 37.7. The van der Waals surface area contributed by atoms with E-state index in [-0.39, 0.29) is 25.7 Å². The molecule has 0 aliphatic rings. The lowest BCUT2D eigenvalue weighted by molar-refractivity contribution is -0.123. The maximum absolute atomic E-state index is 12.8. The lowest BCUT2D eigenvalue weighted by Crippen LogP contribution is -2.45. The number of carbonyl (C=O) groups excluding carboxylic acids is 1. The zero-order valence-corrected chi connectivity index (χ0v) is 38.6. The Balaban J connectivity index is 4.27. The highest BCUT2D eigenvalue weighted by Gasteiger charge is 2.26. The third kappa shape index (κ3) is 43.6.